The van der Waals surface area contributed by atoms with Crippen molar-refractivity contribution >= 4 is 0 Å². The summed E-state index contributed by atoms with van der Waals surface area (Å²) < 4.78 is 49.8. The van der Waals surface area contributed by atoms with Crippen molar-refractivity contribution in [2.24, 2.45) is 0 Å². The Labute approximate surface area is 175 Å². The Morgan fingerprint density at radius 3 is 1.56 bits per heavy atom. The van der Waals surface area contributed by atoms with Crippen LogP contribution in [0.4, 0.5) is 0 Å². The molecule has 1 heterocycles. The summed E-state index contributed by atoms with van der Waals surface area (Å²) in [6.07, 6.45) is 8.36. The normalized spacial score (nSPS) is 6.70. The van der Waals surface area contributed by atoms with Crippen LogP contribution in [-0.4, -0.2) is 20.5 Å². The van der Waals surface area contributed by atoms with Crippen molar-refractivity contribution in [3.63, 3.8) is 0 Å². The second-order valence-electron chi connectivity index (χ2n) is 3.69. The summed E-state index contributed by atoms with van der Waals surface area (Å²) >= 11 is 0. The Morgan fingerprint density at radius 1 is 0.778 bits per heavy atom. The predicted molar refractivity (Wildman–Crippen MR) is 82.3 cm³/mol. The molecule has 0 saturated carbocycles. The van der Waals surface area contributed by atoms with E-state index >= 15 is 0 Å². The zero-order valence-electron chi connectivity index (χ0n) is 15.1. The fourth-order valence-electron chi connectivity index (χ4n) is 1.56. The van der Waals surface area contributed by atoms with E-state index in [0.29, 0.717) is 0 Å². The summed E-state index contributed by atoms with van der Waals surface area (Å²) in [6, 6.07) is 6.08. The first-order chi connectivity index (χ1) is 12.9. The average Bonchev–Trinajstić information content (AvgIpc) is 2.78. The molecule has 0 aliphatic carbocycles. The van der Waals surface area contributed by atoms with Gasteiger partial charge in [0.1, 0.15) is 0 Å². The van der Waals surface area contributed by atoms with Crippen molar-refractivity contribution in [1.82, 2.24) is 0 Å². The van der Waals surface area contributed by atoms with Crippen LogP contribution >= 0.6 is 0 Å². The van der Waals surface area contributed by atoms with Gasteiger partial charge in [0.15, 0.2) is 6.29 Å². The molecule has 146 valence electrons. The molecular formula is C18H21NO7W. The summed E-state index contributed by atoms with van der Waals surface area (Å²) in [5, 5.41) is 0. The number of hydrogen-bond donors (Lipinski definition) is 0. The molecule has 0 aliphatic heterocycles. The minimum absolute atomic E-state index is 0. The Hall–Kier alpha value is -1.67. The third-order valence-electron chi connectivity index (χ3n) is 2.50. The van der Waals surface area contributed by atoms with Gasteiger partial charge in [-0.1, -0.05) is 24.6 Å². The minimum atomic E-state index is -0.0515. The van der Waals surface area contributed by atoms with Gasteiger partial charge in [0.2, 0.25) is 0 Å². The number of ether oxygens (including phenoxy) is 2. The van der Waals surface area contributed by atoms with Gasteiger partial charge >= 0.3 is 56.5 Å². The van der Waals surface area contributed by atoms with Gasteiger partial charge in [-0.3, -0.25) is 0 Å². The third-order valence-corrected chi connectivity index (χ3v) is 2.50. The van der Waals surface area contributed by atoms with E-state index in [2.05, 4.69) is 44.4 Å². The summed E-state index contributed by atoms with van der Waals surface area (Å²) in [6.45, 7) is 24.7. The van der Waals surface area contributed by atoms with Crippen LogP contribution in [0.25, 0.3) is 0 Å². The Kier molecular flexibility index (Phi) is 73.8. The van der Waals surface area contributed by atoms with Crippen LogP contribution in [0, 0.1) is 39.8 Å². The SMILES string of the molecule is COC(CCCC[CH-][n+]1ccccc1)OC.[C-]#[O+].[C-]#[O+].[C-]#[O+].[C-]#[O+].[C-]#[O+].[W]. The molecule has 0 N–H and O–H groups in total. The molecule has 0 amide bonds. The first kappa shape index (κ1) is 40.1. The molecule has 0 aliphatic rings. The summed E-state index contributed by atoms with van der Waals surface area (Å²) in [4.78, 5) is 0. The summed E-state index contributed by atoms with van der Waals surface area (Å²) in [5.41, 5.74) is 0. The molecule has 0 radical (unpaired) electrons. The molecule has 0 spiro atoms. The van der Waals surface area contributed by atoms with Crippen LogP contribution < -0.4 is 4.57 Å². The van der Waals surface area contributed by atoms with Gasteiger partial charge in [-0.05, 0) is 19.3 Å². The summed E-state index contributed by atoms with van der Waals surface area (Å²) in [5.74, 6) is 0. The molecule has 0 atom stereocenters. The van der Waals surface area contributed by atoms with Crippen molar-refractivity contribution in [3.8, 4) is 0 Å². The first-order valence-corrected chi connectivity index (χ1v) is 6.73. The van der Waals surface area contributed by atoms with Gasteiger partial charge in [-0.25, -0.2) is 0 Å². The second-order valence-corrected chi connectivity index (χ2v) is 3.69. The smallest absolute Gasteiger partial charge is 0 e. The molecule has 0 saturated heterocycles. The topological polar surface area (TPSA) is 122 Å². The Balaban J connectivity index is -0.0000000869. The van der Waals surface area contributed by atoms with Gasteiger partial charge in [-0.15, -0.1) is 0 Å². The second kappa shape index (κ2) is 49.7. The zero-order valence-corrected chi connectivity index (χ0v) is 18.0. The number of aromatic nitrogens is 1. The van der Waals surface area contributed by atoms with Gasteiger partial charge in [0.05, 0.1) is 12.4 Å². The molecule has 27 heavy (non-hydrogen) atoms. The average molecular weight is 547 g/mol. The molecule has 0 bridgehead atoms. The van der Waals surface area contributed by atoms with E-state index in [4.69, 9.17) is 32.7 Å². The van der Waals surface area contributed by atoms with E-state index in [1.807, 2.05) is 30.6 Å². The Bertz CT molecular complexity index is 419. The maximum atomic E-state index is 7.50. The van der Waals surface area contributed by atoms with Crippen molar-refractivity contribution in [1.29, 1.82) is 0 Å². The van der Waals surface area contributed by atoms with Gasteiger partial charge in [0, 0.05) is 41.8 Å². The standard InChI is InChI=1S/C13H21NO2.5CO.W/c1-15-13(16-2)9-5-3-6-10-14-11-7-4-8-12-14;5*1-2;/h4,7-8,10-13H,3,5-6,9H2,1-2H3;;;;;;. The number of hydrogen-bond acceptors (Lipinski definition) is 2. The molecule has 0 unspecified atom stereocenters. The number of rotatable bonds is 8. The quantitative estimate of drug-likeness (QED) is 0.163. The van der Waals surface area contributed by atoms with Crippen LogP contribution in [0.3, 0.4) is 0 Å². The van der Waals surface area contributed by atoms with Crippen molar-refractivity contribution in [2.45, 2.75) is 32.0 Å². The molecule has 1 aromatic heterocycles. The Morgan fingerprint density at radius 2 is 1.19 bits per heavy atom. The maximum absolute atomic E-state index is 7.50. The van der Waals surface area contributed by atoms with Crippen LogP contribution in [0.1, 0.15) is 25.7 Å². The van der Waals surface area contributed by atoms with Crippen LogP contribution in [0.5, 0.6) is 0 Å². The molecule has 9 heteroatoms. The summed E-state index contributed by atoms with van der Waals surface area (Å²) in [7, 11) is 3.36. The van der Waals surface area contributed by atoms with Crippen molar-refractivity contribution < 1.29 is 58.4 Å². The predicted octanol–water partition coefficient (Wildman–Crippen LogP) is 1.97. The van der Waals surface area contributed by atoms with E-state index in [0.717, 1.165) is 25.7 Å². The molecule has 0 fully saturated rings. The number of pyridine rings is 1. The number of unbranched alkanes of at least 4 members (excludes halogenated alkanes) is 2. The van der Waals surface area contributed by atoms with Crippen molar-refractivity contribution in [2.75, 3.05) is 14.2 Å². The van der Waals surface area contributed by atoms with Crippen LogP contribution in [0.2, 0.25) is 0 Å². The monoisotopic (exact) mass is 547 g/mol. The van der Waals surface area contributed by atoms with E-state index in [1.165, 1.54) is 0 Å². The van der Waals surface area contributed by atoms with Gasteiger partial charge in [0.25, 0.3) is 0 Å². The van der Waals surface area contributed by atoms with Gasteiger partial charge < -0.3 is 14.0 Å². The first-order valence-electron chi connectivity index (χ1n) is 6.73. The number of nitrogens with zero attached hydrogens (tertiary/aromatic N) is 1. The maximum Gasteiger partial charge on any atom is 0 e. The molecule has 1 rings (SSSR count). The fourth-order valence-corrected chi connectivity index (χ4v) is 1.56. The van der Waals surface area contributed by atoms with Gasteiger partial charge in [-0.2, -0.15) is 0 Å². The van der Waals surface area contributed by atoms with Crippen LogP contribution in [0.15, 0.2) is 30.6 Å². The molecule has 1 aromatic rings. The van der Waals surface area contributed by atoms with Crippen molar-refractivity contribution in [3.05, 3.63) is 70.4 Å². The molecule has 0 aromatic carbocycles. The van der Waals surface area contributed by atoms with E-state index in [9.17, 15) is 0 Å². The third kappa shape index (κ3) is 36.1. The zero-order chi connectivity index (χ0) is 21.6. The van der Waals surface area contributed by atoms with Crippen LogP contribution in [-0.2, 0) is 53.8 Å². The fraction of sp³-hybridized carbons (Fsp3) is 0.389. The minimum Gasteiger partial charge on any atom is 0 e. The molecule has 8 nitrogen and oxygen atoms in total. The van der Waals surface area contributed by atoms with E-state index in [1.54, 1.807) is 14.2 Å². The largest absolute Gasteiger partial charge is 0 e. The van der Waals surface area contributed by atoms with E-state index < -0.39 is 0 Å². The number of methoxy groups -OCH3 is 2. The van der Waals surface area contributed by atoms with E-state index in [-0.39, 0.29) is 27.4 Å². The molecular weight excluding hydrogens is 526 g/mol.